The van der Waals surface area contributed by atoms with Gasteiger partial charge < -0.3 is 5.11 Å². The predicted molar refractivity (Wildman–Crippen MR) is 73.4 cm³/mol. The van der Waals surface area contributed by atoms with E-state index in [4.69, 9.17) is 0 Å². The van der Waals surface area contributed by atoms with Gasteiger partial charge in [0.05, 0.1) is 0 Å². The van der Waals surface area contributed by atoms with Gasteiger partial charge in [-0.1, -0.05) is 12.1 Å². The van der Waals surface area contributed by atoms with Crippen LogP contribution in [0.25, 0.3) is 0 Å². The van der Waals surface area contributed by atoms with E-state index in [9.17, 15) is 13.5 Å². The van der Waals surface area contributed by atoms with Gasteiger partial charge >= 0.3 is 0 Å². The summed E-state index contributed by atoms with van der Waals surface area (Å²) >= 11 is 1.78. The van der Waals surface area contributed by atoms with Gasteiger partial charge in [-0.25, -0.2) is 13.1 Å². The molecule has 0 saturated heterocycles. The van der Waals surface area contributed by atoms with Crippen molar-refractivity contribution >= 4 is 21.8 Å². The molecular weight excluding hydrogens is 270 g/mol. The number of para-hydroxylation sites is 1. The van der Waals surface area contributed by atoms with Gasteiger partial charge in [-0.05, 0) is 37.7 Å². The van der Waals surface area contributed by atoms with Crippen LogP contribution in [0.15, 0.2) is 29.2 Å². The van der Waals surface area contributed by atoms with Gasteiger partial charge in [0.1, 0.15) is 10.6 Å². The molecule has 1 aromatic carbocycles. The van der Waals surface area contributed by atoms with E-state index in [1.807, 2.05) is 6.26 Å². The van der Waals surface area contributed by atoms with Crippen LogP contribution < -0.4 is 4.72 Å². The minimum Gasteiger partial charge on any atom is -0.507 e. The van der Waals surface area contributed by atoms with Crippen molar-refractivity contribution in [1.82, 2.24) is 4.72 Å². The lowest BCUT2D eigenvalue weighted by Gasteiger charge is -2.13. The fourth-order valence-corrected chi connectivity index (χ4v) is 4.41. The number of rotatable bonds is 4. The Labute approximate surface area is 112 Å². The fourth-order valence-electron chi connectivity index (χ4n) is 2.23. The van der Waals surface area contributed by atoms with Crippen molar-refractivity contribution in [2.45, 2.75) is 35.4 Å². The minimum absolute atomic E-state index is 0.0212. The third-order valence-corrected chi connectivity index (χ3v) is 5.86. The maximum Gasteiger partial charge on any atom is 0.244 e. The lowest BCUT2D eigenvalue weighted by atomic mass is 10.3. The normalized spacial score (nSPS) is 24.3. The number of sulfonamides is 1. The van der Waals surface area contributed by atoms with E-state index in [0.717, 1.165) is 19.3 Å². The van der Waals surface area contributed by atoms with Crippen molar-refractivity contribution < 1.29 is 13.5 Å². The van der Waals surface area contributed by atoms with Crippen molar-refractivity contribution in [3.8, 4) is 5.75 Å². The highest BCUT2D eigenvalue weighted by Crippen LogP contribution is 2.30. The summed E-state index contributed by atoms with van der Waals surface area (Å²) in [6.07, 6.45) is 4.80. The SMILES string of the molecule is CSC1CCC(NS(=O)(=O)c2ccccc2O)C1. The fraction of sp³-hybridized carbons (Fsp3) is 0.500. The number of phenolic OH excluding ortho intramolecular Hbond substituents is 1. The van der Waals surface area contributed by atoms with Crippen molar-refractivity contribution in [2.75, 3.05) is 6.26 Å². The number of thioether (sulfide) groups is 1. The van der Waals surface area contributed by atoms with E-state index in [2.05, 4.69) is 4.72 Å². The van der Waals surface area contributed by atoms with E-state index in [1.54, 1.807) is 23.9 Å². The third kappa shape index (κ3) is 2.99. The third-order valence-electron chi connectivity index (χ3n) is 3.19. The smallest absolute Gasteiger partial charge is 0.244 e. The summed E-state index contributed by atoms with van der Waals surface area (Å²) in [7, 11) is -3.62. The Kier molecular flexibility index (Phi) is 4.19. The van der Waals surface area contributed by atoms with Gasteiger partial charge in [-0.15, -0.1) is 0 Å². The van der Waals surface area contributed by atoms with Gasteiger partial charge in [0, 0.05) is 11.3 Å². The zero-order valence-corrected chi connectivity index (χ0v) is 11.8. The molecular formula is C12H17NO3S2. The maximum atomic E-state index is 12.1. The van der Waals surface area contributed by atoms with Gasteiger partial charge in [0.15, 0.2) is 0 Å². The predicted octanol–water partition coefficient (Wildman–Crippen LogP) is 1.95. The van der Waals surface area contributed by atoms with E-state index < -0.39 is 10.0 Å². The molecule has 0 bridgehead atoms. The summed E-state index contributed by atoms with van der Waals surface area (Å²) in [5.41, 5.74) is 0. The molecule has 1 aromatic rings. The molecule has 0 spiro atoms. The molecule has 1 aliphatic rings. The summed E-state index contributed by atoms with van der Waals surface area (Å²) in [6, 6.07) is 5.99. The summed E-state index contributed by atoms with van der Waals surface area (Å²) in [5, 5.41) is 10.1. The summed E-state index contributed by atoms with van der Waals surface area (Å²) in [6.45, 7) is 0. The van der Waals surface area contributed by atoms with Crippen LogP contribution in [0.4, 0.5) is 0 Å². The van der Waals surface area contributed by atoms with Crippen LogP contribution in [0.1, 0.15) is 19.3 Å². The lowest BCUT2D eigenvalue weighted by molar-refractivity contribution is 0.457. The molecule has 2 unspecified atom stereocenters. The molecule has 100 valence electrons. The molecule has 0 amide bonds. The lowest BCUT2D eigenvalue weighted by Crippen LogP contribution is -2.33. The Balaban J connectivity index is 2.11. The van der Waals surface area contributed by atoms with Gasteiger partial charge in [-0.2, -0.15) is 11.8 Å². The van der Waals surface area contributed by atoms with Crippen LogP contribution in [0.3, 0.4) is 0 Å². The topological polar surface area (TPSA) is 66.4 Å². The molecule has 0 radical (unpaired) electrons. The van der Waals surface area contributed by atoms with Crippen molar-refractivity contribution in [3.05, 3.63) is 24.3 Å². The molecule has 1 fully saturated rings. The first kappa shape index (κ1) is 13.7. The van der Waals surface area contributed by atoms with Crippen molar-refractivity contribution in [2.24, 2.45) is 0 Å². The number of aromatic hydroxyl groups is 1. The number of hydrogen-bond donors (Lipinski definition) is 2. The zero-order chi connectivity index (χ0) is 13.2. The molecule has 2 atom stereocenters. The van der Waals surface area contributed by atoms with E-state index in [0.29, 0.717) is 5.25 Å². The summed E-state index contributed by atoms with van der Waals surface area (Å²) < 4.78 is 26.9. The molecule has 2 N–H and O–H groups in total. The van der Waals surface area contributed by atoms with E-state index >= 15 is 0 Å². The maximum absolute atomic E-state index is 12.1. The van der Waals surface area contributed by atoms with Crippen LogP contribution in [0.5, 0.6) is 5.75 Å². The quantitative estimate of drug-likeness (QED) is 0.888. The first-order valence-corrected chi connectivity index (χ1v) is 8.63. The monoisotopic (exact) mass is 287 g/mol. The first-order valence-electron chi connectivity index (χ1n) is 5.86. The van der Waals surface area contributed by atoms with Crippen LogP contribution in [0.2, 0.25) is 0 Å². The van der Waals surface area contributed by atoms with Crippen molar-refractivity contribution in [1.29, 1.82) is 0 Å². The highest BCUT2D eigenvalue weighted by molar-refractivity contribution is 7.99. The Bertz CT molecular complexity index is 516. The van der Waals surface area contributed by atoms with Crippen LogP contribution in [-0.4, -0.2) is 31.1 Å². The Morgan fingerprint density at radius 3 is 2.67 bits per heavy atom. The zero-order valence-electron chi connectivity index (χ0n) is 10.2. The van der Waals surface area contributed by atoms with Crippen LogP contribution in [0, 0.1) is 0 Å². The number of nitrogens with one attached hydrogen (secondary N) is 1. The average Bonchev–Trinajstić information content (AvgIpc) is 2.76. The highest BCUT2D eigenvalue weighted by atomic mass is 32.2. The van der Waals surface area contributed by atoms with Crippen molar-refractivity contribution in [3.63, 3.8) is 0 Å². The molecule has 0 heterocycles. The molecule has 2 rings (SSSR count). The van der Waals surface area contributed by atoms with Crippen LogP contribution in [-0.2, 0) is 10.0 Å². The first-order chi connectivity index (χ1) is 8.53. The summed E-state index contributed by atoms with van der Waals surface area (Å²) in [5.74, 6) is -0.204. The number of phenols is 1. The van der Waals surface area contributed by atoms with Gasteiger partial charge in [0.2, 0.25) is 10.0 Å². The second kappa shape index (κ2) is 5.50. The van der Waals surface area contributed by atoms with Gasteiger partial charge in [0.25, 0.3) is 0 Å². The Morgan fingerprint density at radius 1 is 1.33 bits per heavy atom. The molecule has 1 aliphatic carbocycles. The Morgan fingerprint density at radius 2 is 2.06 bits per heavy atom. The highest BCUT2D eigenvalue weighted by Gasteiger charge is 2.29. The molecule has 0 aliphatic heterocycles. The molecule has 0 aromatic heterocycles. The second-order valence-electron chi connectivity index (χ2n) is 4.46. The largest absolute Gasteiger partial charge is 0.507 e. The second-order valence-corrected chi connectivity index (χ2v) is 7.28. The summed E-state index contributed by atoms with van der Waals surface area (Å²) in [4.78, 5) is -0.0439. The van der Waals surface area contributed by atoms with E-state index in [-0.39, 0.29) is 16.7 Å². The van der Waals surface area contributed by atoms with Crippen LogP contribution >= 0.6 is 11.8 Å². The van der Waals surface area contributed by atoms with Gasteiger partial charge in [-0.3, -0.25) is 0 Å². The molecule has 1 saturated carbocycles. The van der Waals surface area contributed by atoms with E-state index in [1.165, 1.54) is 12.1 Å². The molecule has 4 nitrogen and oxygen atoms in total. The molecule has 6 heteroatoms. The number of hydrogen-bond acceptors (Lipinski definition) is 4. The number of benzene rings is 1. The average molecular weight is 287 g/mol. The minimum atomic E-state index is -3.62. The molecule has 18 heavy (non-hydrogen) atoms. The Hall–Kier alpha value is -0.720. The standard InChI is InChI=1S/C12H17NO3S2/c1-17-10-7-6-9(8-10)13-18(15,16)12-5-3-2-4-11(12)14/h2-5,9-10,13-14H,6-8H2,1H3.